The van der Waals surface area contributed by atoms with Crippen molar-refractivity contribution in [1.82, 2.24) is 0 Å². The average molecular weight is 281 g/mol. The summed E-state index contributed by atoms with van der Waals surface area (Å²) < 4.78 is 0. The Hall–Kier alpha value is -1.42. The first kappa shape index (κ1) is 11.7. The van der Waals surface area contributed by atoms with Crippen molar-refractivity contribution in [2.45, 2.75) is 6.10 Å². The molecule has 2 aromatic carbocycles. The van der Waals surface area contributed by atoms with Crippen LogP contribution in [0.25, 0.3) is 0 Å². The number of hydrogen-bond acceptors (Lipinski definition) is 3. The van der Waals surface area contributed by atoms with Crippen LogP contribution in [-0.2, 0) is 0 Å². The lowest BCUT2D eigenvalue weighted by Crippen LogP contribution is -2.08. The normalized spacial score (nSPS) is 13.9. The molecular formula is C13H10Cl2N2O. The summed E-state index contributed by atoms with van der Waals surface area (Å²) in [6.07, 6.45) is -0.716. The van der Waals surface area contributed by atoms with Gasteiger partial charge in [0.2, 0.25) is 0 Å². The highest BCUT2D eigenvalue weighted by atomic mass is 35.5. The molecule has 0 saturated heterocycles. The molecule has 0 amide bonds. The summed E-state index contributed by atoms with van der Waals surface area (Å²) in [5, 5.41) is 11.6. The van der Waals surface area contributed by atoms with Crippen molar-refractivity contribution in [2.24, 2.45) is 0 Å². The molecule has 1 aliphatic rings. The van der Waals surface area contributed by atoms with Gasteiger partial charge in [0.25, 0.3) is 0 Å². The fourth-order valence-corrected chi connectivity index (χ4v) is 2.40. The van der Waals surface area contributed by atoms with Crippen LogP contribution in [0.15, 0.2) is 36.4 Å². The number of hydrazine groups is 1. The number of halogens is 2. The Morgan fingerprint density at radius 1 is 0.833 bits per heavy atom. The minimum atomic E-state index is -0.716. The Bertz CT molecular complexity index is 562. The van der Waals surface area contributed by atoms with Crippen molar-refractivity contribution in [3.63, 3.8) is 0 Å². The molecule has 0 unspecified atom stereocenters. The Morgan fingerprint density at radius 2 is 1.28 bits per heavy atom. The summed E-state index contributed by atoms with van der Waals surface area (Å²) in [7, 11) is 0. The highest BCUT2D eigenvalue weighted by Gasteiger charge is 2.21. The number of aliphatic hydroxyl groups excluding tert-OH is 1. The number of fused-ring (bicyclic) bond motifs is 2. The zero-order valence-corrected chi connectivity index (χ0v) is 10.8. The molecule has 3 N–H and O–H groups in total. The number of benzene rings is 2. The van der Waals surface area contributed by atoms with Gasteiger partial charge in [0.1, 0.15) is 6.10 Å². The van der Waals surface area contributed by atoms with E-state index in [1.54, 1.807) is 36.4 Å². The third kappa shape index (κ3) is 1.90. The second kappa shape index (κ2) is 4.35. The highest BCUT2D eigenvalue weighted by molar-refractivity contribution is 6.31. The van der Waals surface area contributed by atoms with E-state index in [1.807, 2.05) is 0 Å². The Labute approximate surface area is 114 Å². The SMILES string of the molecule is OC1c2ccc(Cl)cc2NNc2cc(Cl)ccc21. The largest absolute Gasteiger partial charge is 0.383 e. The number of anilines is 2. The maximum atomic E-state index is 10.4. The third-order valence-corrected chi connectivity index (χ3v) is 3.42. The fourth-order valence-electron chi connectivity index (χ4n) is 2.05. The van der Waals surface area contributed by atoms with Gasteiger partial charge in [-0.2, -0.15) is 0 Å². The monoisotopic (exact) mass is 280 g/mol. The average Bonchev–Trinajstić information content (AvgIpc) is 2.47. The first-order valence-corrected chi connectivity index (χ1v) is 6.20. The highest BCUT2D eigenvalue weighted by Crippen LogP contribution is 2.37. The first-order valence-electron chi connectivity index (χ1n) is 5.44. The van der Waals surface area contributed by atoms with Crippen molar-refractivity contribution in [2.75, 3.05) is 10.9 Å². The van der Waals surface area contributed by atoms with E-state index in [-0.39, 0.29) is 0 Å². The van der Waals surface area contributed by atoms with Crippen molar-refractivity contribution >= 4 is 34.6 Å². The van der Waals surface area contributed by atoms with Crippen molar-refractivity contribution in [3.8, 4) is 0 Å². The molecule has 3 nitrogen and oxygen atoms in total. The quantitative estimate of drug-likeness (QED) is 0.687. The Kier molecular flexibility index (Phi) is 2.82. The van der Waals surface area contributed by atoms with Crippen LogP contribution in [0.1, 0.15) is 17.2 Å². The zero-order valence-electron chi connectivity index (χ0n) is 9.24. The van der Waals surface area contributed by atoms with Crippen LogP contribution in [0, 0.1) is 0 Å². The minimum Gasteiger partial charge on any atom is -0.383 e. The zero-order chi connectivity index (χ0) is 12.7. The van der Waals surface area contributed by atoms with Crippen molar-refractivity contribution in [3.05, 3.63) is 57.6 Å². The molecule has 0 radical (unpaired) electrons. The van der Waals surface area contributed by atoms with E-state index in [9.17, 15) is 5.11 Å². The molecule has 0 saturated carbocycles. The maximum Gasteiger partial charge on any atom is 0.108 e. The molecule has 5 heteroatoms. The van der Waals surface area contributed by atoms with Crippen LogP contribution < -0.4 is 10.9 Å². The Morgan fingerprint density at radius 3 is 1.72 bits per heavy atom. The van der Waals surface area contributed by atoms with E-state index in [0.717, 1.165) is 22.5 Å². The predicted molar refractivity (Wildman–Crippen MR) is 74.2 cm³/mol. The molecular weight excluding hydrogens is 271 g/mol. The van der Waals surface area contributed by atoms with Crippen LogP contribution in [0.4, 0.5) is 11.4 Å². The number of hydrogen-bond donors (Lipinski definition) is 3. The van der Waals surface area contributed by atoms with E-state index < -0.39 is 6.10 Å². The summed E-state index contributed by atoms with van der Waals surface area (Å²) in [5.41, 5.74) is 9.10. The molecule has 92 valence electrons. The summed E-state index contributed by atoms with van der Waals surface area (Å²) in [5.74, 6) is 0. The lowest BCUT2D eigenvalue weighted by Gasteiger charge is -2.12. The standard InChI is InChI=1S/C13H10Cl2N2O/c14-7-1-3-9-11(5-7)16-17-12-6-8(15)2-4-10(12)13(9)18/h1-6,13,16-18H. The topological polar surface area (TPSA) is 44.3 Å². The summed E-state index contributed by atoms with van der Waals surface area (Å²) in [6.45, 7) is 0. The van der Waals surface area contributed by atoms with Gasteiger partial charge in [0.05, 0.1) is 11.4 Å². The molecule has 1 heterocycles. The van der Waals surface area contributed by atoms with Crippen LogP contribution in [-0.4, -0.2) is 5.11 Å². The lowest BCUT2D eigenvalue weighted by atomic mass is 9.99. The summed E-state index contributed by atoms with van der Waals surface area (Å²) in [4.78, 5) is 0. The van der Waals surface area contributed by atoms with Crippen LogP contribution >= 0.6 is 23.2 Å². The number of rotatable bonds is 0. The smallest absolute Gasteiger partial charge is 0.108 e. The van der Waals surface area contributed by atoms with E-state index in [4.69, 9.17) is 23.2 Å². The summed E-state index contributed by atoms with van der Waals surface area (Å²) >= 11 is 11.9. The van der Waals surface area contributed by atoms with Crippen LogP contribution in [0.2, 0.25) is 10.0 Å². The van der Waals surface area contributed by atoms with Crippen LogP contribution in [0.3, 0.4) is 0 Å². The van der Waals surface area contributed by atoms with E-state index >= 15 is 0 Å². The second-order valence-electron chi connectivity index (χ2n) is 4.12. The van der Waals surface area contributed by atoms with Crippen LogP contribution in [0.5, 0.6) is 0 Å². The maximum absolute atomic E-state index is 10.4. The molecule has 3 rings (SSSR count). The Balaban J connectivity index is 2.15. The molecule has 0 atom stereocenters. The number of nitrogens with one attached hydrogen (secondary N) is 2. The summed E-state index contributed by atoms with van der Waals surface area (Å²) in [6, 6.07) is 10.7. The molecule has 0 aliphatic carbocycles. The van der Waals surface area contributed by atoms with Gasteiger partial charge in [-0.3, -0.25) is 0 Å². The molecule has 1 aliphatic heterocycles. The van der Waals surface area contributed by atoms with Gasteiger partial charge < -0.3 is 16.0 Å². The molecule has 0 spiro atoms. The molecule has 0 aromatic heterocycles. The van der Waals surface area contributed by atoms with Crippen molar-refractivity contribution in [1.29, 1.82) is 0 Å². The van der Waals surface area contributed by atoms with Gasteiger partial charge in [-0.25, -0.2) is 0 Å². The molecule has 2 aromatic rings. The second-order valence-corrected chi connectivity index (χ2v) is 4.99. The van der Waals surface area contributed by atoms with E-state index in [0.29, 0.717) is 10.0 Å². The molecule has 18 heavy (non-hydrogen) atoms. The van der Waals surface area contributed by atoms with Gasteiger partial charge >= 0.3 is 0 Å². The van der Waals surface area contributed by atoms with Crippen molar-refractivity contribution < 1.29 is 5.11 Å². The van der Waals surface area contributed by atoms with Gasteiger partial charge in [0.15, 0.2) is 0 Å². The minimum absolute atomic E-state index is 0.610. The molecule has 0 bridgehead atoms. The first-order chi connectivity index (χ1) is 8.65. The van der Waals surface area contributed by atoms with E-state index in [2.05, 4.69) is 10.9 Å². The fraction of sp³-hybridized carbons (Fsp3) is 0.0769. The van der Waals surface area contributed by atoms with Gasteiger partial charge in [-0.1, -0.05) is 35.3 Å². The lowest BCUT2D eigenvalue weighted by molar-refractivity contribution is 0.222. The predicted octanol–water partition coefficient (Wildman–Crippen LogP) is 3.83. The van der Waals surface area contributed by atoms with Gasteiger partial charge in [-0.05, 0) is 24.3 Å². The van der Waals surface area contributed by atoms with Gasteiger partial charge in [-0.15, -0.1) is 0 Å². The number of aliphatic hydroxyl groups is 1. The third-order valence-electron chi connectivity index (χ3n) is 2.95. The van der Waals surface area contributed by atoms with Gasteiger partial charge in [0, 0.05) is 21.2 Å². The van der Waals surface area contributed by atoms with E-state index in [1.165, 1.54) is 0 Å². The molecule has 0 fully saturated rings.